The predicted molar refractivity (Wildman–Crippen MR) is 69.1 cm³/mol. The first-order valence-corrected chi connectivity index (χ1v) is 5.90. The normalized spacial score (nSPS) is 10.4. The van der Waals surface area contributed by atoms with Crippen LogP contribution in [0.15, 0.2) is 24.3 Å². The molecule has 0 aromatic heterocycles. The smallest absolute Gasteiger partial charge is 0.221 e. The fourth-order valence-electron chi connectivity index (χ4n) is 1.51. The first kappa shape index (κ1) is 13.4. The molecule has 0 spiro atoms. The van der Waals surface area contributed by atoms with Crippen LogP contribution in [0.5, 0.6) is 0 Å². The lowest BCUT2D eigenvalue weighted by molar-refractivity contribution is -0.114. The molecule has 3 nitrogen and oxygen atoms in total. The van der Waals surface area contributed by atoms with Gasteiger partial charge in [0.05, 0.1) is 0 Å². The van der Waals surface area contributed by atoms with E-state index in [1.54, 1.807) is 24.3 Å². The summed E-state index contributed by atoms with van der Waals surface area (Å²) in [5, 5.41) is 2.67. The second-order valence-corrected chi connectivity index (χ2v) is 4.61. The van der Waals surface area contributed by atoms with Crippen LogP contribution in [-0.2, 0) is 4.79 Å². The fraction of sp³-hybridized carbons (Fsp3) is 0.429. The van der Waals surface area contributed by atoms with Gasteiger partial charge in [0.25, 0.3) is 0 Å². The quantitative estimate of drug-likeness (QED) is 0.793. The van der Waals surface area contributed by atoms with E-state index in [4.69, 9.17) is 0 Å². The summed E-state index contributed by atoms with van der Waals surface area (Å²) in [7, 11) is 0. The minimum Gasteiger partial charge on any atom is -0.326 e. The van der Waals surface area contributed by atoms with Crippen molar-refractivity contribution >= 4 is 17.4 Å². The number of Topliss-reactive ketones (excluding diaryl/α,β-unsaturated/α-hetero) is 1. The van der Waals surface area contributed by atoms with Crippen molar-refractivity contribution in [2.45, 2.75) is 33.6 Å². The van der Waals surface area contributed by atoms with Crippen molar-refractivity contribution in [2.24, 2.45) is 5.92 Å². The lowest BCUT2D eigenvalue weighted by Crippen LogP contribution is -2.06. The van der Waals surface area contributed by atoms with E-state index in [0.29, 0.717) is 17.9 Å². The molecule has 92 valence electrons. The maximum absolute atomic E-state index is 11.8. The highest BCUT2D eigenvalue weighted by molar-refractivity contribution is 5.97. The first-order valence-electron chi connectivity index (χ1n) is 5.90. The van der Waals surface area contributed by atoms with Gasteiger partial charge in [-0.3, -0.25) is 9.59 Å². The molecule has 0 saturated carbocycles. The van der Waals surface area contributed by atoms with Crippen LogP contribution in [0.3, 0.4) is 0 Å². The third kappa shape index (κ3) is 4.81. The van der Waals surface area contributed by atoms with Gasteiger partial charge < -0.3 is 5.32 Å². The number of hydrogen-bond donors (Lipinski definition) is 1. The molecule has 0 heterocycles. The van der Waals surface area contributed by atoms with Crippen LogP contribution < -0.4 is 5.32 Å². The maximum atomic E-state index is 11.8. The average molecular weight is 233 g/mol. The van der Waals surface area contributed by atoms with E-state index < -0.39 is 0 Å². The van der Waals surface area contributed by atoms with Gasteiger partial charge in [-0.05, 0) is 36.6 Å². The number of rotatable bonds is 5. The molecule has 0 bridgehead atoms. The molecular weight excluding hydrogens is 214 g/mol. The minimum atomic E-state index is -0.108. The number of amides is 1. The van der Waals surface area contributed by atoms with Crippen molar-refractivity contribution < 1.29 is 9.59 Å². The van der Waals surface area contributed by atoms with Gasteiger partial charge in [0.1, 0.15) is 0 Å². The summed E-state index contributed by atoms with van der Waals surface area (Å²) < 4.78 is 0. The summed E-state index contributed by atoms with van der Waals surface area (Å²) >= 11 is 0. The maximum Gasteiger partial charge on any atom is 0.221 e. The van der Waals surface area contributed by atoms with Gasteiger partial charge in [0.2, 0.25) is 5.91 Å². The first-order chi connectivity index (χ1) is 7.99. The van der Waals surface area contributed by atoms with Gasteiger partial charge in [-0.25, -0.2) is 0 Å². The number of anilines is 1. The summed E-state index contributed by atoms with van der Waals surface area (Å²) in [6.45, 7) is 5.67. The number of ketones is 1. The highest BCUT2D eigenvalue weighted by Crippen LogP contribution is 2.13. The zero-order valence-corrected chi connectivity index (χ0v) is 10.6. The fourth-order valence-corrected chi connectivity index (χ4v) is 1.51. The van der Waals surface area contributed by atoms with E-state index in [-0.39, 0.29) is 11.7 Å². The lowest BCUT2D eigenvalue weighted by atomic mass is 10.0. The number of hydrogen-bond acceptors (Lipinski definition) is 2. The van der Waals surface area contributed by atoms with Crippen LogP contribution in [0.2, 0.25) is 0 Å². The topological polar surface area (TPSA) is 46.2 Å². The van der Waals surface area contributed by atoms with Crippen molar-refractivity contribution in [1.29, 1.82) is 0 Å². The molecule has 0 aliphatic rings. The van der Waals surface area contributed by atoms with E-state index in [2.05, 4.69) is 19.2 Å². The van der Waals surface area contributed by atoms with Gasteiger partial charge >= 0.3 is 0 Å². The number of carbonyl (C=O) groups excluding carboxylic acids is 2. The molecular formula is C14H19NO2. The van der Waals surface area contributed by atoms with E-state index in [0.717, 1.165) is 12.1 Å². The highest BCUT2D eigenvalue weighted by atomic mass is 16.1. The molecule has 0 atom stereocenters. The number of benzene rings is 1. The molecule has 1 amide bonds. The van der Waals surface area contributed by atoms with Crippen LogP contribution in [0.4, 0.5) is 5.69 Å². The van der Waals surface area contributed by atoms with E-state index in [9.17, 15) is 9.59 Å². The van der Waals surface area contributed by atoms with Crippen molar-refractivity contribution in [3.63, 3.8) is 0 Å². The van der Waals surface area contributed by atoms with E-state index >= 15 is 0 Å². The molecule has 1 N–H and O–H groups in total. The average Bonchev–Trinajstić information content (AvgIpc) is 2.26. The van der Waals surface area contributed by atoms with Gasteiger partial charge in [-0.1, -0.05) is 13.8 Å². The van der Waals surface area contributed by atoms with Crippen molar-refractivity contribution in [1.82, 2.24) is 0 Å². The second kappa shape index (κ2) is 6.18. The van der Waals surface area contributed by atoms with Crippen LogP contribution in [-0.4, -0.2) is 11.7 Å². The van der Waals surface area contributed by atoms with Gasteiger partial charge in [-0.2, -0.15) is 0 Å². The van der Waals surface area contributed by atoms with Gasteiger partial charge in [-0.15, -0.1) is 0 Å². The third-order valence-electron chi connectivity index (χ3n) is 2.48. The summed E-state index contributed by atoms with van der Waals surface area (Å²) in [6.07, 6.45) is 1.49. The standard InChI is InChI=1S/C14H19NO2/c1-10(2)4-9-14(17)12-5-7-13(8-6-12)15-11(3)16/h5-8,10H,4,9H2,1-3H3,(H,15,16). The molecule has 1 rings (SSSR count). The molecule has 0 fully saturated rings. The Balaban J connectivity index is 2.60. The van der Waals surface area contributed by atoms with Crippen LogP contribution in [0.25, 0.3) is 0 Å². The Morgan fingerprint density at radius 2 is 1.76 bits per heavy atom. The summed E-state index contributed by atoms with van der Waals surface area (Å²) in [5.74, 6) is 0.592. The van der Waals surface area contributed by atoms with Gasteiger partial charge in [0.15, 0.2) is 5.78 Å². The molecule has 17 heavy (non-hydrogen) atoms. The predicted octanol–water partition coefficient (Wildman–Crippen LogP) is 3.26. The monoisotopic (exact) mass is 233 g/mol. The number of nitrogens with one attached hydrogen (secondary N) is 1. The highest BCUT2D eigenvalue weighted by Gasteiger charge is 2.07. The van der Waals surface area contributed by atoms with E-state index in [1.165, 1.54) is 6.92 Å². The zero-order valence-electron chi connectivity index (χ0n) is 10.6. The molecule has 1 aromatic carbocycles. The SMILES string of the molecule is CC(=O)Nc1ccc(C(=O)CCC(C)C)cc1. The Morgan fingerprint density at radius 3 is 2.24 bits per heavy atom. The Kier molecular flexibility index (Phi) is 4.88. The molecule has 0 unspecified atom stereocenters. The summed E-state index contributed by atoms with van der Waals surface area (Å²) in [6, 6.07) is 7.02. The largest absolute Gasteiger partial charge is 0.326 e. The van der Waals surface area contributed by atoms with Crippen LogP contribution in [0.1, 0.15) is 44.0 Å². The molecule has 1 aromatic rings. The Hall–Kier alpha value is -1.64. The lowest BCUT2D eigenvalue weighted by Gasteiger charge is -2.05. The van der Waals surface area contributed by atoms with Crippen molar-refractivity contribution in [3.05, 3.63) is 29.8 Å². The van der Waals surface area contributed by atoms with Gasteiger partial charge in [0, 0.05) is 24.6 Å². The van der Waals surface area contributed by atoms with Crippen LogP contribution in [0, 0.1) is 5.92 Å². The minimum absolute atomic E-state index is 0.108. The van der Waals surface area contributed by atoms with Crippen molar-refractivity contribution in [3.8, 4) is 0 Å². The molecule has 0 aliphatic carbocycles. The van der Waals surface area contributed by atoms with Crippen LogP contribution >= 0.6 is 0 Å². The number of carbonyl (C=O) groups is 2. The molecule has 0 saturated heterocycles. The van der Waals surface area contributed by atoms with Crippen molar-refractivity contribution in [2.75, 3.05) is 5.32 Å². The summed E-state index contributed by atoms with van der Waals surface area (Å²) in [4.78, 5) is 22.6. The molecule has 3 heteroatoms. The second-order valence-electron chi connectivity index (χ2n) is 4.61. The zero-order chi connectivity index (χ0) is 12.8. The Labute approximate surface area is 102 Å². The molecule has 0 aliphatic heterocycles. The molecule has 0 radical (unpaired) electrons. The summed E-state index contributed by atoms with van der Waals surface area (Å²) in [5.41, 5.74) is 1.43. The third-order valence-corrected chi connectivity index (χ3v) is 2.48. The Bertz CT molecular complexity index is 393. The Morgan fingerprint density at radius 1 is 1.18 bits per heavy atom. The van der Waals surface area contributed by atoms with E-state index in [1.807, 2.05) is 0 Å².